The molecule has 0 aliphatic carbocycles. The largest absolute Gasteiger partial charge is 0.368 e. The number of amides is 1. The smallest absolute Gasteiger partial charge is 0.255 e. The summed E-state index contributed by atoms with van der Waals surface area (Å²) in [5.41, 5.74) is 2.48. The number of nitrogens with one attached hydrogen (secondary N) is 1. The number of anilines is 3. The molecule has 1 amide bonds. The number of nitrogens with zero attached hydrogens (tertiary/aromatic N) is 4. The van der Waals surface area contributed by atoms with Gasteiger partial charge in [-0.25, -0.2) is 9.97 Å². The summed E-state index contributed by atoms with van der Waals surface area (Å²) in [6.07, 6.45) is 3.54. The van der Waals surface area contributed by atoms with Crippen LogP contribution >= 0.6 is 11.6 Å². The Morgan fingerprint density at radius 2 is 1.46 bits per heavy atom. The summed E-state index contributed by atoms with van der Waals surface area (Å²) in [4.78, 5) is 25.5. The standard InChI is InChI=1S/C21H20ClN5O/c22-17-4-2-16(3-5-17)20(28)25-18-6-8-19(9-7-18)26-12-14-27(15-13-26)21-23-10-1-11-24-21/h1-11H,12-15H2,(H,25,28). The maximum absolute atomic E-state index is 12.3. The molecule has 0 atom stereocenters. The molecular formula is C21H20ClN5O. The highest BCUT2D eigenvalue weighted by Crippen LogP contribution is 2.21. The van der Waals surface area contributed by atoms with E-state index < -0.39 is 0 Å². The number of benzene rings is 2. The molecule has 28 heavy (non-hydrogen) atoms. The molecule has 6 nitrogen and oxygen atoms in total. The van der Waals surface area contributed by atoms with Crippen molar-refractivity contribution in [2.45, 2.75) is 0 Å². The van der Waals surface area contributed by atoms with Crippen molar-refractivity contribution in [1.82, 2.24) is 9.97 Å². The minimum absolute atomic E-state index is 0.152. The van der Waals surface area contributed by atoms with E-state index in [4.69, 9.17) is 11.6 Å². The quantitative estimate of drug-likeness (QED) is 0.732. The zero-order valence-corrected chi connectivity index (χ0v) is 16.0. The van der Waals surface area contributed by atoms with E-state index >= 15 is 0 Å². The van der Waals surface area contributed by atoms with Crippen molar-refractivity contribution in [3.8, 4) is 0 Å². The van der Waals surface area contributed by atoms with Gasteiger partial charge in [0, 0.05) is 60.5 Å². The van der Waals surface area contributed by atoms with Crippen LogP contribution in [0.4, 0.5) is 17.3 Å². The van der Waals surface area contributed by atoms with Gasteiger partial charge in [0.2, 0.25) is 5.95 Å². The molecule has 0 spiro atoms. The molecule has 1 aliphatic heterocycles. The van der Waals surface area contributed by atoms with Crippen LogP contribution in [0.15, 0.2) is 67.0 Å². The van der Waals surface area contributed by atoms with Gasteiger partial charge in [0.05, 0.1) is 0 Å². The van der Waals surface area contributed by atoms with Crippen molar-refractivity contribution in [1.29, 1.82) is 0 Å². The van der Waals surface area contributed by atoms with Crippen molar-refractivity contribution in [3.05, 3.63) is 77.6 Å². The van der Waals surface area contributed by atoms with Crippen LogP contribution in [0, 0.1) is 0 Å². The van der Waals surface area contributed by atoms with Crippen molar-refractivity contribution in [2.24, 2.45) is 0 Å². The van der Waals surface area contributed by atoms with E-state index in [0.29, 0.717) is 10.6 Å². The van der Waals surface area contributed by atoms with Crippen LogP contribution in [0.3, 0.4) is 0 Å². The minimum Gasteiger partial charge on any atom is -0.368 e. The molecule has 0 unspecified atom stereocenters. The molecule has 1 aromatic heterocycles. The summed E-state index contributed by atoms with van der Waals surface area (Å²) in [5, 5.41) is 3.52. The third-order valence-corrected chi connectivity index (χ3v) is 4.96. The van der Waals surface area contributed by atoms with Gasteiger partial charge < -0.3 is 15.1 Å². The molecule has 0 bridgehead atoms. The van der Waals surface area contributed by atoms with Gasteiger partial charge in [-0.1, -0.05) is 11.6 Å². The second kappa shape index (κ2) is 8.27. The second-order valence-corrected chi connectivity index (χ2v) is 6.97. The lowest BCUT2D eigenvalue weighted by Gasteiger charge is -2.36. The van der Waals surface area contributed by atoms with Crippen LogP contribution in [0.5, 0.6) is 0 Å². The summed E-state index contributed by atoms with van der Waals surface area (Å²) in [6, 6.07) is 16.6. The molecule has 142 valence electrons. The highest BCUT2D eigenvalue weighted by molar-refractivity contribution is 6.30. The van der Waals surface area contributed by atoms with E-state index in [1.165, 1.54) is 0 Å². The Morgan fingerprint density at radius 3 is 2.11 bits per heavy atom. The van der Waals surface area contributed by atoms with Gasteiger partial charge in [0.25, 0.3) is 5.91 Å². The summed E-state index contributed by atoms with van der Waals surface area (Å²) < 4.78 is 0. The van der Waals surface area contributed by atoms with Gasteiger partial charge in [-0.05, 0) is 54.6 Å². The molecule has 4 rings (SSSR count). The minimum atomic E-state index is -0.152. The number of rotatable bonds is 4. The van der Waals surface area contributed by atoms with E-state index in [2.05, 4.69) is 25.1 Å². The average Bonchev–Trinajstić information content (AvgIpc) is 2.75. The van der Waals surface area contributed by atoms with Gasteiger partial charge in [0.15, 0.2) is 0 Å². The van der Waals surface area contributed by atoms with Gasteiger partial charge in [-0.15, -0.1) is 0 Å². The van der Waals surface area contributed by atoms with Crippen LogP contribution in [-0.4, -0.2) is 42.1 Å². The van der Waals surface area contributed by atoms with Gasteiger partial charge in [0.1, 0.15) is 0 Å². The fraction of sp³-hybridized carbons (Fsp3) is 0.190. The van der Waals surface area contributed by atoms with E-state index in [-0.39, 0.29) is 5.91 Å². The topological polar surface area (TPSA) is 61.4 Å². The van der Waals surface area contributed by atoms with Crippen molar-refractivity contribution in [2.75, 3.05) is 41.3 Å². The third kappa shape index (κ3) is 4.23. The monoisotopic (exact) mass is 393 g/mol. The Hall–Kier alpha value is -3.12. The molecule has 1 N–H and O–H groups in total. The maximum Gasteiger partial charge on any atom is 0.255 e. The predicted octanol–water partition coefficient (Wildman–Crippen LogP) is 3.71. The fourth-order valence-corrected chi connectivity index (χ4v) is 3.31. The lowest BCUT2D eigenvalue weighted by atomic mass is 10.2. The molecule has 0 radical (unpaired) electrons. The van der Waals surface area contributed by atoms with Crippen LogP contribution in [-0.2, 0) is 0 Å². The van der Waals surface area contributed by atoms with Crippen LogP contribution < -0.4 is 15.1 Å². The summed E-state index contributed by atoms with van der Waals surface area (Å²) in [6.45, 7) is 3.54. The van der Waals surface area contributed by atoms with E-state index in [1.807, 2.05) is 30.3 Å². The maximum atomic E-state index is 12.3. The Morgan fingerprint density at radius 1 is 0.857 bits per heavy atom. The van der Waals surface area contributed by atoms with E-state index in [1.54, 1.807) is 36.7 Å². The number of carbonyl (C=O) groups is 1. The molecule has 0 saturated carbocycles. The number of hydrogen-bond donors (Lipinski definition) is 1. The number of carbonyl (C=O) groups excluding carboxylic acids is 1. The highest BCUT2D eigenvalue weighted by atomic mass is 35.5. The molecule has 2 aromatic carbocycles. The van der Waals surface area contributed by atoms with Crippen LogP contribution in [0.2, 0.25) is 5.02 Å². The van der Waals surface area contributed by atoms with E-state index in [0.717, 1.165) is 43.5 Å². The number of piperazine rings is 1. The number of aromatic nitrogens is 2. The first-order valence-corrected chi connectivity index (χ1v) is 9.51. The van der Waals surface area contributed by atoms with Crippen molar-refractivity contribution >= 4 is 34.8 Å². The van der Waals surface area contributed by atoms with Crippen LogP contribution in [0.25, 0.3) is 0 Å². The predicted molar refractivity (Wildman–Crippen MR) is 112 cm³/mol. The fourth-order valence-electron chi connectivity index (χ4n) is 3.18. The summed E-state index contributed by atoms with van der Waals surface area (Å²) in [5.74, 6) is 0.628. The zero-order valence-electron chi connectivity index (χ0n) is 15.3. The molecule has 3 aromatic rings. The first kappa shape index (κ1) is 18.3. The third-order valence-electron chi connectivity index (χ3n) is 4.71. The Labute approximate surface area is 168 Å². The first-order valence-electron chi connectivity index (χ1n) is 9.13. The summed E-state index contributed by atoms with van der Waals surface area (Å²) >= 11 is 5.87. The Bertz CT molecular complexity index is 923. The normalized spacial score (nSPS) is 14.0. The molecule has 2 heterocycles. The van der Waals surface area contributed by atoms with Gasteiger partial charge in [-0.3, -0.25) is 4.79 Å². The van der Waals surface area contributed by atoms with Gasteiger partial charge >= 0.3 is 0 Å². The average molecular weight is 394 g/mol. The Kier molecular flexibility index (Phi) is 5.39. The molecular weight excluding hydrogens is 374 g/mol. The summed E-state index contributed by atoms with van der Waals surface area (Å²) in [7, 11) is 0. The van der Waals surface area contributed by atoms with E-state index in [9.17, 15) is 4.79 Å². The SMILES string of the molecule is O=C(Nc1ccc(N2CCN(c3ncccn3)CC2)cc1)c1ccc(Cl)cc1. The molecule has 1 aliphatic rings. The van der Waals surface area contributed by atoms with Crippen molar-refractivity contribution in [3.63, 3.8) is 0 Å². The molecule has 7 heteroatoms. The number of halogens is 1. The lowest BCUT2D eigenvalue weighted by Crippen LogP contribution is -2.47. The molecule has 1 fully saturated rings. The lowest BCUT2D eigenvalue weighted by molar-refractivity contribution is 0.102. The first-order chi connectivity index (χ1) is 13.7. The zero-order chi connectivity index (χ0) is 19.3. The van der Waals surface area contributed by atoms with Crippen LogP contribution in [0.1, 0.15) is 10.4 Å². The number of hydrogen-bond acceptors (Lipinski definition) is 5. The highest BCUT2D eigenvalue weighted by Gasteiger charge is 2.19. The van der Waals surface area contributed by atoms with Crippen molar-refractivity contribution < 1.29 is 4.79 Å². The molecule has 1 saturated heterocycles. The second-order valence-electron chi connectivity index (χ2n) is 6.53. The van der Waals surface area contributed by atoms with Gasteiger partial charge in [-0.2, -0.15) is 0 Å². The Balaban J connectivity index is 1.35.